The molecule has 1 aromatic rings. The number of hydrogen-bond donors (Lipinski definition) is 0. The van der Waals surface area contributed by atoms with Crippen molar-refractivity contribution in [3.8, 4) is 0 Å². The number of hydrogen-bond acceptors (Lipinski definition) is 3. The summed E-state index contributed by atoms with van der Waals surface area (Å²) in [5.74, 6) is 0. The molecule has 0 radical (unpaired) electrons. The molecule has 0 saturated carbocycles. The van der Waals surface area contributed by atoms with E-state index >= 15 is 0 Å². The van der Waals surface area contributed by atoms with Crippen LogP contribution in [0.25, 0.3) is 0 Å². The van der Waals surface area contributed by atoms with Crippen LogP contribution < -0.4 is 5.01 Å². The highest BCUT2D eigenvalue weighted by atomic mass is 19.4. The second-order valence-electron chi connectivity index (χ2n) is 5.12. The van der Waals surface area contributed by atoms with Gasteiger partial charge in [-0.2, -0.15) is 23.1 Å². The first kappa shape index (κ1) is 13.2. The van der Waals surface area contributed by atoms with Gasteiger partial charge in [-0.3, -0.25) is 5.01 Å². The zero-order valence-corrected chi connectivity index (χ0v) is 11.1. The van der Waals surface area contributed by atoms with Crippen LogP contribution in [-0.4, -0.2) is 41.1 Å². The maximum Gasteiger partial charge on any atom is 0.417 e. The molecule has 1 aromatic heterocycles. The van der Waals surface area contributed by atoms with Gasteiger partial charge in [0, 0.05) is 31.3 Å². The van der Waals surface area contributed by atoms with E-state index in [0.717, 1.165) is 43.0 Å². The lowest BCUT2D eigenvalue weighted by molar-refractivity contribution is -0.0886. The van der Waals surface area contributed by atoms with Gasteiger partial charge in [-0.25, -0.2) is 0 Å². The van der Waals surface area contributed by atoms with Crippen molar-refractivity contribution in [2.75, 3.05) is 25.1 Å². The topological polar surface area (TPSA) is 24.3 Å². The van der Waals surface area contributed by atoms with Gasteiger partial charge in [0.15, 0.2) is 0 Å². The second-order valence-corrected chi connectivity index (χ2v) is 5.12. The first-order chi connectivity index (χ1) is 9.43. The molecule has 0 fully saturated rings. The number of aromatic nitrogens is 2. The summed E-state index contributed by atoms with van der Waals surface area (Å²) in [5.41, 5.74) is 1.39. The van der Waals surface area contributed by atoms with Gasteiger partial charge in [-0.05, 0) is 7.05 Å². The van der Waals surface area contributed by atoms with Crippen molar-refractivity contribution in [1.29, 1.82) is 0 Å². The van der Waals surface area contributed by atoms with Gasteiger partial charge in [0.05, 0.1) is 24.0 Å². The van der Waals surface area contributed by atoms with E-state index in [2.05, 4.69) is 10.00 Å². The van der Waals surface area contributed by atoms with E-state index in [9.17, 15) is 13.2 Å². The third-order valence-electron chi connectivity index (χ3n) is 3.50. The Morgan fingerprint density at radius 2 is 2.10 bits per heavy atom. The van der Waals surface area contributed by atoms with E-state index in [1.165, 1.54) is 15.9 Å². The van der Waals surface area contributed by atoms with Crippen LogP contribution in [0.15, 0.2) is 30.1 Å². The Morgan fingerprint density at radius 1 is 1.30 bits per heavy atom. The zero-order chi connectivity index (χ0) is 14.3. The number of rotatable bonds is 1. The van der Waals surface area contributed by atoms with Gasteiger partial charge in [0.2, 0.25) is 0 Å². The fourth-order valence-electron chi connectivity index (χ4n) is 2.43. The SMILES string of the molecule is CN1CCc2nn(N3C=C(C(F)(F)F)C=CC3)cc2C1. The van der Waals surface area contributed by atoms with Crippen LogP contribution in [0.2, 0.25) is 0 Å². The Morgan fingerprint density at radius 3 is 2.85 bits per heavy atom. The van der Waals surface area contributed by atoms with Crippen LogP contribution in [0.5, 0.6) is 0 Å². The monoisotopic (exact) mass is 284 g/mol. The van der Waals surface area contributed by atoms with E-state index in [0.29, 0.717) is 6.54 Å². The van der Waals surface area contributed by atoms with Crippen molar-refractivity contribution in [3.05, 3.63) is 41.4 Å². The Kier molecular flexibility index (Phi) is 3.08. The molecular formula is C13H15F3N4. The molecule has 2 aliphatic heterocycles. The highest BCUT2D eigenvalue weighted by Gasteiger charge is 2.33. The van der Waals surface area contributed by atoms with Gasteiger partial charge in [-0.15, -0.1) is 0 Å². The highest BCUT2D eigenvalue weighted by molar-refractivity contribution is 5.33. The molecule has 0 saturated heterocycles. The minimum Gasteiger partial charge on any atom is -0.302 e. The molecule has 0 unspecified atom stereocenters. The van der Waals surface area contributed by atoms with Gasteiger partial charge in [0.1, 0.15) is 0 Å². The normalized spacial score (nSPS) is 20.0. The van der Waals surface area contributed by atoms with E-state index in [-0.39, 0.29) is 0 Å². The van der Waals surface area contributed by atoms with Crippen LogP contribution >= 0.6 is 0 Å². The van der Waals surface area contributed by atoms with E-state index in [1.807, 2.05) is 13.2 Å². The van der Waals surface area contributed by atoms with E-state index < -0.39 is 11.7 Å². The standard InChI is InChI=1S/C13H15F3N4/c1-18-6-4-12-10(7-18)8-20(17-12)19-5-2-3-11(9-19)13(14,15)16/h2-3,8-9H,4-7H2,1H3. The Hall–Kier alpha value is -1.76. The van der Waals surface area contributed by atoms with Crippen LogP contribution in [0, 0.1) is 0 Å². The first-order valence-corrected chi connectivity index (χ1v) is 6.42. The summed E-state index contributed by atoms with van der Waals surface area (Å²) in [4.78, 5) is 3.68. The summed E-state index contributed by atoms with van der Waals surface area (Å²) in [6.07, 6.45) is 2.01. The summed E-state index contributed by atoms with van der Waals surface area (Å²) < 4.78 is 38.2. The fourth-order valence-corrected chi connectivity index (χ4v) is 2.43. The van der Waals surface area contributed by atoms with E-state index in [1.54, 1.807) is 0 Å². The average Bonchev–Trinajstić information content (AvgIpc) is 2.81. The van der Waals surface area contributed by atoms with E-state index in [4.69, 9.17) is 0 Å². The molecule has 2 aliphatic rings. The molecule has 0 spiro atoms. The maximum atomic E-state index is 12.7. The van der Waals surface area contributed by atoms with Crippen LogP contribution in [0.3, 0.4) is 0 Å². The van der Waals surface area contributed by atoms with Gasteiger partial charge in [-0.1, -0.05) is 12.2 Å². The minimum atomic E-state index is -4.33. The predicted octanol–water partition coefficient (Wildman–Crippen LogP) is 1.82. The molecule has 108 valence electrons. The summed E-state index contributed by atoms with van der Waals surface area (Å²) in [7, 11) is 2.02. The Labute approximate surface area is 114 Å². The first-order valence-electron chi connectivity index (χ1n) is 6.42. The summed E-state index contributed by atoms with van der Waals surface area (Å²) >= 11 is 0. The Bertz CT molecular complexity index is 571. The van der Waals surface area contributed by atoms with Crippen molar-refractivity contribution in [2.45, 2.75) is 19.1 Å². The molecule has 0 N–H and O–H groups in total. The number of fused-ring (bicyclic) bond motifs is 1. The molecule has 3 heterocycles. The lowest BCUT2D eigenvalue weighted by Crippen LogP contribution is -2.33. The molecule has 4 nitrogen and oxygen atoms in total. The molecule has 0 atom stereocenters. The van der Waals surface area contributed by atoms with Crippen LogP contribution in [-0.2, 0) is 13.0 Å². The highest BCUT2D eigenvalue weighted by Crippen LogP contribution is 2.28. The van der Waals surface area contributed by atoms with Crippen LogP contribution in [0.1, 0.15) is 11.3 Å². The molecule has 0 amide bonds. The average molecular weight is 284 g/mol. The maximum absolute atomic E-state index is 12.7. The summed E-state index contributed by atoms with van der Waals surface area (Å²) in [5, 5.41) is 5.87. The quantitative estimate of drug-likeness (QED) is 0.786. The molecule has 0 bridgehead atoms. The third kappa shape index (κ3) is 2.45. The Balaban J connectivity index is 1.87. The number of allylic oxidation sites excluding steroid dienone is 2. The minimum absolute atomic E-state index is 0.385. The smallest absolute Gasteiger partial charge is 0.302 e. The van der Waals surface area contributed by atoms with Crippen molar-refractivity contribution >= 4 is 0 Å². The summed E-state index contributed by atoms with van der Waals surface area (Å²) in [6, 6.07) is 0. The summed E-state index contributed by atoms with van der Waals surface area (Å²) in [6.45, 7) is 2.10. The van der Waals surface area contributed by atoms with Crippen molar-refractivity contribution in [2.24, 2.45) is 0 Å². The molecule has 0 aromatic carbocycles. The van der Waals surface area contributed by atoms with Crippen molar-refractivity contribution in [3.63, 3.8) is 0 Å². The van der Waals surface area contributed by atoms with Gasteiger partial charge >= 0.3 is 6.18 Å². The number of nitrogens with zero attached hydrogens (tertiary/aromatic N) is 4. The predicted molar refractivity (Wildman–Crippen MR) is 68.6 cm³/mol. The lowest BCUT2D eigenvalue weighted by atomic mass is 10.1. The number of alkyl halides is 3. The molecule has 0 aliphatic carbocycles. The molecular weight excluding hydrogens is 269 g/mol. The number of halogens is 3. The number of likely N-dealkylation sites (N-methyl/N-ethyl adjacent to an activating group) is 1. The second kappa shape index (κ2) is 4.66. The molecule has 7 heteroatoms. The molecule has 3 rings (SSSR count). The fraction of sp³-hybridized carbons (Fsp3) is 0.462. The lowest BCUT2D eigenvalue weighted by Gasteiger charge is -2.23. The largest absolute Gasteiger partial charge is 0.417 e. The zero-order valence-electron chi connectivity index (χ0n) is 11.1. The van der Waals surface area contributed by atoms with Crippen molar-refractivity contribution < 1.29 is 13.2 Å². The van der Waals surface area contributed by atoms with Crippen molar-refractivity contribution in [1.82, 2.24) is 14.8 Å². The third-order valence-corrected chi connectivity index (χ3v) is 3.50. The van der Waals surface area contributed by atoms with Crippen LogP contribution in [0.4, 0.5) is 13.2 Å². The molecule has 20 heavy (non-hydrogen) atoms. The van der Waals surface area contributed by atoms with Gasteiger partial charge < -0.3 is 4.90 Å². The van der Waals surface area contributed by atoms with Gasteiger partial charge in [0.25, 0.3) is 0 Å².